The van der Waals surface area contributed by atoms with E-state index in [1.807, 2.05) is 6.92 Å². The lowest BCUT2D eigenvalue weighted by molar-refractivity contribution is -0.149. The minimum atomic E-state index is -0.206. The Labute approximate surface area is 87.4 Å². The molecule has 4 heteroatoms. The molecule has 0 bridgehead atoms. The average Bonchev–Trinajstić information content (AvgIpc) is 2.12. The summed E-state index contributed by atoms with van der Waals surface area (Å²) < 4.78 is 6.05. The van der Waals surface area contributed by atoms with Crippen LogP contribution in [0.3, 0.4) is 0 Å². The van der Waals surface area contributed by atoms with E-state index in [4.69, 9.17) is 4.74 Å². The topological polar surface area (TPSA) is 38.3 Å². The van der Waals surface area contributed by atoms with Crippen LogP contribution >= 0.6 is 22.6 Å². The van der Waals surface area contributed by atoms with Crippen molar-refractivity contribution in [2.75, 3.05) is 11.5 Å². The molecule has 0 fully saturated rings. The molecule has 0 saturated carbocycles. The van der Waals surface area contributed by atoms with E-state index >= 15 is 0 Å². The molecule has 0 heterocycles. The van der Waals surface area contributed by atoms with E-state index in [2.05, 4.69) is 27.9 Å². The molecule has 0 aromatic rings. The van der Waals surface area contributed by atoms with Gasteiger partial charge in [-0.3, -0.25) is 4.79 Å². The van der Waals surface area contributed by atoms with Crippen LogP contribution in [0.1, 0.15) is 20.3 Å². The zero-order valence-corrected chi connectivity index (χ0v) is 9.92. The number of ether oxygens (including phenoxy) is 1. The molecule has 0 rings (SSSR count). The highest BCUT2D eigenvalue weighted by Gasteiger charge is 2.15. The van der Waals surface area contributed by atoms with Crippen molar-refractivity contribution in [1.82, 2.24) is 5.32 Å². The summed E-state index contributed by atoms with van der Waals surface area (Å²) in [4.78, 5) is 11.2. The maximum Gasteiger partial charge on any atom is 0.323 e. The van der Waals surface area contributed by atoms with Gasteiger partial charge in [0.15, 0.2) is 0 Å². The molecule has 12 heavy (non-hydrogen) atoms. The maximum atomic E-state index is 11.2. The van der Waals surface area contributed by atoms with E-state index < -0.39 is 0 Å². The molecule has 0 spiro atoms. The molecule has 0 aliphatic heterocycles. The van der Waals surface area contributed by atoms with E-state index in [0.29, 0.717) is 0 Å². The van der Waals surface area contributed by atoms with E-state index in [-0.39, 0.29) is 18.1 Å². The average molecular weight is 285 g/mol. The standard InChI is InChI=1S/C8H16INO2/c1-4-7(5-9)12-8(11)6(2)10-3/h6-7,10H,4-5H2,1-3H3. The van der Waals surface area contributed by atoms with Crippen molar-refractivity contribution < 1.29 is 9.53 Å². The highest BCUT2D eigenvalue weighted by molar-refractivity contribution is 14.1. The Morgan fingerprint density at radius 3 is 2.58 bits per heavy atom. The van der Waals surface area contributed by atoms with Crippen LogP contribution in [0.2, 0.25) is 0 Å². The molecule has 0 aliphatic rings. The van der Waals surface area contributed by atoms with Gasteiger partial charge in [-0.2, -0.15) is 0 Å². The van der Waals surface area contributed by atoms with Gasteiger partial charge in [0.25, 0.3) is 0 Å². The van der Waals surface area contributed by atoms with Gasteiger partial charge in [-0.1, -0.05) is 29.5 Å². The quantitative estimate of drug-likeness (QED) is 0.471. The van der Waals surface area contributed by atoms with Crippen LogP contribution in [0.15, 0.2) is 0 Å². The van der Waals surface area contributed by atoms with E-state index in [1.165, 1.54) is 0 Å². The summed E-state index contributed by atoms with van der Waals surface area (Å²) in [5.41, 5.74) is 0. The highest BCUT2D eigenvalue weighted by atomic mass is 127. The van der Waals surface area contributed by atoms with Crippen LogP contribution < -0.4 is 5.32 Å². The van der Waals surface area contributed by atoms with Crippen molar-refractivity contribution in [3.8, 4) is 0 Å². The van der Waals surface area contributed by atoms with Crippen molar-refractivity contribution in [2.24, 2.45) is 0 Å². The number of rotatable bonds is 5. The first-order valence-corrected chi connectivity index (χ1v) is 5.62. The Hall–Kier alpha value is 0.160. The monoisotopic (exact) mass is 285 g/mol. The molecule has 2 atom stereocenters. The molecule has 0 aromatic heterocycles. The number of halogens is 1. The second kappa shape index (κ2) is 6.65. The summed E-state index contributed by atoms with van der Waals surface area (Å²) >= 11 is 2.22. The van der Waals surface area contributed by atoms with Crippen molar-refractivity contribution >= 4 is 28.6 Å². The molecular weight excluding hydrogens is 269 g/mol. The fourth-order valence-electron chi connectivity index (χ4n) is 0.608. The number of hydrogen-bond donors (Lipinski definition) is 1. The van der Waals surface area contributed by atoms with E-state index in [1.54, 1.807) is 14.0 Å². The minimum absolute atomic E-state index is 0.0638. The second-order valence-electron chi connectivity index (χ2n) is 2.63. The van der Waals surface area contributed by atoms with Crippen molar-refractivity contribution in [3.05, 3.63) is 0 Å². The molecule has 72 valence electrons. The Morgan fingerprint density at radius 2 is 2.25 bits per heavy atom. The van der Waals surface area contributed by atoms with Gasteiger partial charge in [-0.15, -0.1) is 0 Å². The summed E-state index contributed by atoms with van der Waals surface area (Å²) in [5, 5.41) is 2.84. The third-order valence-corrected chi connectivity index (χ3v) is 2.68. The van der Waals surface area contributed by atoms with E-state index in [0.717, 1.165) is 10.8 Å². The SMILES string of the molecule is CCC(CI)OC(=O)C(C)NC. The molecule has 1 N–H and O–H groups in total. The lowest BCUT2D eigenvalue weighted by Crippen LogP contribution is -2.35. The zero-order valence-electron chi connectivity index (χ0n) is 7.76. The summed E-state index contributed by atoms with van der Waals surface area (Å²) in [7, 11) is 1.75. The first kappa shape index (κ1) is 12.2. The van der Waals surface area contributed by atoms with Crippen LogP contribution in [0.5, 0.6) is 0 Å². The van der Waals surface area contributed by atoms with Crippen LogP contribution in [-0.4, -0.2) is 29.6 Å². The Balaban J connectivity index is 3.81. The summed E-state index contributed by atoms with van der Waals surface area (Å²) in [6.45, 7) is 3.81. The molecule has 0 amide bonds. The lowest BCUT2D eigenvalue weighted by Gasteiger charge is -2.16. The van der Waals surface area contributed by atoms with Gasteiger partial charge in [-0.25, -0.2) is 0 Å². The smallest absolute Gasteiger partial charge is 0.323 e. The Kier molecular flexibility index (Phi) is 6.74. The molecule has 3 nitrogen and oxygen atoms in total. The Morgan fingerprint density at radius 1 is 1.67 bits per heavy atom. The van der Waals surface area contributed by atoms with Gasteiger partial charge in [0.2, 0.25) is 0 Å². The zero-order chi connectivity index (χ0) is 9.56. The predicted octanol–water partition coefficient (Wildman–Crippen LogP) is 1.35. The van der Waals surface area contributed by atoms with Gasteiger partial charge in [-0.05, 0) is 20.4 Å². The number of likely N-dealkylation sites (N-methyl/N-ethyl adjacent to an activating group) is 1. The van der Waals surface area contributed by atoms with Crippen LogP contribution in [-0.2, 0) is 9.53 Å². The second-order valence-corrected chi connectivity index (χ2v) is 3.51. The minimum Gasteiger partial charge on any atom is -0.460 e. The largest absolute Gasteiger partial charge is 0.460 e. The molecule has 0 saturated heterocycles. The van der Waals surface area contributed by atoms with Crippen LogP contribution in [0.25, 0.3) is 0 Å². The van der Waals surface area contributed by atoms with Crippen LogP contribution in [0, 0.1) is 0 Å². The number of alkyl halides is 1. The summed E-state index contributed by atoms with van der Waals surface area (Å²) in [6, 6.07) is -0.206. The van der Waals surface area contributed by atoms with Gasteiger partial charge < -0.3 is 10.1 Å². The summed E-state index contributed by atoms with van der Waals surface area (Å²) in [6.07, 6.45) is 0.944. The first-order chi connectivity index (χ1) is 5.65. The van der Waals surface area contributed by atoms with Gasteiger partial charge in [0, 0.05) is 4.43 Å². The molecule has 0 radical (unpaired) electrons. The fraction of sp³-hybridized carbons (Fsp3) is 0.875. The molecule has 2 unspecified atom stereocenters. The lowest BCUT2D eigenvalue weighted by atomic mass is 10.3. The van der Waals surface area contributed by atoms with Crippen molar-refractivity contribution in [2.45, 2.75) is 32.4 Å². The highest BCUT2D eigenvalue weighted by Crippen LogP contribution is 2.03. The maximum absolute atomic E-state index is 11.2. The van der Waals surface area contributed by atoms with Gasteiger partial charge in [0.05, 0.1) is 0 Å². The first-order valence-electron chi connectivity index (χ1n) is 4.09. The Bertz CT molecular complexity index is 137. The number of esters is 1. The van der Waals surface area contributed by atoms with Gasteiger partial charge >= 0.3 is 5.97 Å². The fourth-order valence-corrected chi connectivity index (χ4v) is 1.41. The number of hydrogen-bond acceptors (Lipinski definition) is 3. The predicted molar refractivity (Wildman–Crippen MR) is 57.6 cm³/mol. The third-order valence-electron chi connectivity index (χ3n) is 1.70. The summed E-state index contributed by atoms with van der Waals surface area (Å²) in [5.74, 6) is -0.166. The normalized spacial score (nSPS) is 15.3. The van der Waals surface area contributed by atoms with Crippen molar-refractivity contribution in [1.29, 1.82) is 0 Å². The third kappa shape index (κ3) is 4.25. The molecular formula is C8H16INO2. The number of carbonyl (C=O) groups excluding carboxylic acids is 1. The molecule has 0 aliphatic carbocycles. The van der Waals surface area contributed by atoms with Crippen LogP contribution in [0.4, 0.5) is 0 Å². The number of nitrogens with one attached hydrogen (secondary N) is 1. The van der Waals surface area contributed by atoms with E-state index in [9.17, 15) is 4.79 Å². The number of carbonyl (C=O) groups is 1. The van der Waals surface area contributed by atoms with Gasteiger partial charge in [0.1, 0.15) is 12.1 Å². The molecule has 0 aromatic carbocycles. The van der Waals surface area contributed by atoms with Crippen molar-refractivity contribution in [3.63, 3.8) is 0 Å².